The fourth-order valence-electron chi connectivity index (χ4n) is 1.86. The average Bonchev–Trinajstić information content (AvgIpc) is 2.80. The molecule has 0 aliphatic carbocycles. The second-order valence-corrected chi connectivity index (χ2v) is 3.83. The summed E-state index contributed by atoms with van der Waals surface area (Å²) in [5.41, 5.74) is 2.59. The minimum atomic E-state index is 0.930. The first-order chi connectivity index (χ1) is 8.35. The molecule has 2 rings (SSSR count). The average molecular weight is 233 g/mol. The lowest BCUT2D eigenvalue weighted by Gasteiger charge is -2.01. The van der Waals surface area contributed by atoms with Crippen LogP contribution in [0.5, 0.6) is 5.75 Å². The number of benzene rings is 1. The van der Waals surface area contributed by atoms with Crippen molar-refractivity contribution in [2.75, 3.05) is 7.11 Å². The molecular weight excluding hydrogens is 210 g/mol. The molecule has 0 aliphatic rings. The fraction of sp³-hybridized carbons (Fsp3) is 0.467. The van der Waals surface area contributed by atoms with Gasteiger partial charge in [-0.1, -0.05) is 27.2 Å². The highest BCUT2D eigenvalue weighted by Crippen LogP contribution is 2.24. The van der Waals surface area contributed by atoms with Gasteiger partial charge in [0.1, 0.15) is 5.75 Å². The van der Waals surface area contributed by atoms with E-state index in [0.717, 1.165) is 12.2 Å². The number of aromatic nitrogens is 1. The predicted octanol–water partition coefficient (Wildman–Crippen LogP) is 4.55. The first-order valence-corrected chi connectivity index (χ1v) is 6.49. The van der Waals surface area contributed by atoms with E-state index in [0.29, 0.717) is 0 Å². The first kappa shape index (κ1) is 13.6. The van der Waals surface area contributed by atoms with Crippen LogP contribution in [0, 0.1) is 0 Å². The van der Waals surface area contributed by atoms with Crippen molar-refractivity contribution in [1.82, 2.24) is 4.98 Å². The Bertz CT molecular complexity index is 445. The van der Waals surface area contributed by atoms with Crippen molar-refractivity contribution in [2.45, 2.75) is 40.0 Å². The van der Waals surface area contributed by atoms with Crippen LogP contribution in [-0.4, -0.2) is 12.1 Å². The van der Waals surface area contributed by atoms with Crippen LogP contribution >= 0.6 is 0 Å². The van der Waals surface area contributed by atoms with Gasteiger partial charge in [0.2, 0.25) is 0 Å². The lowest BCUT2D eigenvalue weighted by Crippen LogP contribution is -1.84. The van der Waals surface area contributed by atoms with Crippen LogP contribution in [0.2, 0.25) is 0 Å². The molecule has 0 radical (unpaired) electrons. The summed E-state index contributed by atoms with van der Waals surface area (Å²) < 4.78 is 5.24. The number of methoxy groups -OCH3 is 1. The summed E-state index contributed by atoms with van der Waals surface area (Å²) in [5.74, 6) is 0.930. The number of aromatic amines is 1. The Balaban J connectivity index is 0.000000686. The third kappa shape index (κ3) is 3.26. The van der Waals surface area contributed by atoms with Gasteiger partial charge in [0, 0.05) is 17.1 Å². The zero-order chi connectivity index (χ0) is 12.7. The predicted molar refractivity (Wildman–Crippen MR) is 74.8 cm³/mol. The summed E-state index contributed by atoms with van der Waals surface area (Å²) in [6.45, 7) is 6.22. The maximum Gasteiger partial charge on any atom is 0.119 e. The number of H-pyrrole nitrogens is 1. The lowest BCUT2D eigenvalue weighted by atomic mass is 10.1. The van der Waals surface area contributed by atoms with E-state index in [4.69, 9.17) is 4.74 Å². The number of hydrogen-bond acceptors (Lipinski definition) is 1. The minimum Gasteiger partial charge on any atom is -0.497 e. The highest BCUT2D eigenvalue weighted by molar-refractivity contribution is 5.84. The quantitative estimate of drug-likeness (QED) is 0.823. The molecule has 1 aromatic carbocycles. The Morgan fingerprint density at radius 3 is 2.65 bits per heavy atom. The van der Waals surface area contributed by atoms with Crippen molar-refractivity contribution >= 4 is 10.9 Å². The summed E-state index contributed by atoms with van der Waals surface area (Å²) in [4.78, 5) is 3.29. The molecule has 17 heavy (non-hydrogen) atoms. The van der Waals surface area contributed by atoms with Crippen molar-refractivity contribution in [3.05, 3.63) is 30.0 Å². The van der Waals surface area contributed by atoms with Crippen LogP contribution in [0.4, 0.5) is 0 Å². The number of aryl methyl sites for hydroxylation is 1. The van der Waals surface area contributed by atoms with Gasteiger partial charge >= 0.3 is 0 Å². The Hall–Kier alpha value is -1.44. The smallest absolute Gasteiger partial charge is 0.119 e. The first-order valence-electron chi connectivity index (χ1n) is 6.49. The van der Waals surface area contributed by atoms with Gasteiger partial charge in [-0.3, -0.25) is 0 Å². The summed E-state index contributed by atoms with van der Waals surface area (Å²) in [5, 5.41) is 1.29. The van der Waals surface area contributed by atoms with Gasteiger partial charge in [-0.25, -0.2) is 0 Å². The number of unbranched alkanes of at least 4 members (excludes halogenated alkanes) is 1. The Morgan fingerprint density at radius 2 is 2.00 bits per heavy atom. The van der Waals surface area contributed by atoms with Crippen LogP contribution in [0.1, 0.15) is 39.2 Å². The molecular formula is C15H23NO. The molecule has 1 heterocycles. The van der Waals surface area contributed by atoms with E-state index in [1.54, 1.807) is 7.11 Å². The summed E-state index contributed by atoms with van der Waals surface area (Å²) in [6, 6.07) is 6.17. The number of nitrogens with one attached hydrogen (secondary N) is 1. The molecule has 0 fully saturated rings. The third-order valence-electron chi connectivity index (χ3n) is 2.77. The molecule has 0 atom stereocenters. The van der Waals surface area contributed by atoms with Crippen LogP contribution in [-0.2, 0) is 6.42 Å². The molecule has 2 heteroatoms. The van der Waals surface area contributed by atoms with Crippen molar-refractivity contribution in [3.8, 4) is 5.75 Å². The van der Waals surface area contributed by atoms with Gasteiger partial charge in [0.05, 0.1) is 7.11 Å². The fourth-order valence-corrected chi connectivity index (χ4v) is 1.86. The van der Waals surface area contributed by atoms with Crippen molar-refractivity contribution < 1.29 is 4.74 Å². The maximum atomic E-state index is 5.24. The standard InChI is InChI=1S/C13H17NO.C2H6/c1-3-4-5-10-9-14-13-7-6-11(15-2)8-12(10)13;1-2/h6-9,14H,3-5H2,1-2H3;1-2H3. The molecule has 1 N–H and O–H groups in total. The Morgan fingerprint density at radius 1 is 1.24 bits per heavy atom. The van der Waals surface area contributed by atoms with Crippen LogP contribution in [0.3, 0.4) is 0 Å². The van der Waals surface area contributed by atoms with Gasteiger partial charge in [-0.15, -0.1) is 0 Å². The minimum absolute atomic E-state index is 0.930. The second kappa shape index (κ2) is 7.00. The van der Waals surface area contributed by atoms with Crippen molar-refractivity contribution in [1.29, 1.82) is 0 Å². The zero-order valence-electron chi connectivity index (χ0n) is 11.3. The van der Waals surface area contributed by atoms with E-state index in [1.165, 1.54) is 29.3 Å². The van der Waals surface area contributed by atoms with Crippen LogP contribution < -0.4 is 4.74 Å². The second-order valence-electron chi connectivity index (χ2n) is 3.83. The topological polar surface area (TPSA) is 25.0 Å². The van der Waals surface area contributed by atoms with E-state index >= 15 is 0 Å². The maximum absolute atomic E-state index is 5.24. The van der Waals surface area contributed by atoms with Gasteiger partial charge in [-0.05, 0) is 36.6 Å². The number of ether oxygens (including phenoxy) is 1. The Kier molecular flexibility index (Phi) is 5.61. The molecule has 0 bridgehead atoms. The monoisotopic (exact) mass is 233 g/mol. The van der Waals surface area contributed by atoms with Gasteiger partial charge in [0.15, 0.2) is 0 Å². The molecule has 0 unspecified atom stereocenters. The summed E-state index contributed by atoms with van der Waals surface area (Å²) in [6.07, 6.45) is 5.73. The normalized spacial score (nSPS) is 9.88. The zero-order valence-corrected chi connectivity index (χ0v) is 11.3. The highest BCUT2D eigenvalue weighted by atomic mass is 16.5. The molecule has 0 spiro atoms. The molecule has 0 saturated carbocycles. The molecule has 1 aromatic heterocycles. The SMILES string of the molecule is CC.CCCCc1c[nH]c2ccc(OC)cc12. The third-order valence-corrected chi connectivity index (χ3v) is 2.77. The van der Waals surface area contributed by atoms with Crippen molar-refractivity contribution in [2.24, 2.45) is 0 Å². The van der Waals surface area contributed by atoms with E-state index < -0.39 is 0 Å². The number of rotatable bonds is 4. The van der Waals surface area contributed by atoms with Gasteiger partial charge in [0.25, 0.3) is 0 Å². The van der Waals surface area contributed by atoms with Crippen LogP contribution in [0.25, 0.3) is 10.9 Å². The van der Waals surface area contributed by atoms with E-state index in [-0.39, 0.29) is 0 Å². The molecule has 0 saturated heterocycles. The van der Waals surface area contributed by atoms with E-state index in [9.17, 15) is 0 Å². The van der Waals surface area contributed by atoms with Gasteiger partial charge in [-0.2, -0.15) is 0 Å². The lowest BCUT2D eigenvalue weighted by molar-refractivity contribution is 0.415. The van der Waals surface area contributed by atoms with E-state index in [2.05, 4.69) is 30.2 Å². The number of fused-ring (bicyclic) bond motifs is 1. The molecule has 2 aromatic rings. The largest absolute Gasteiger partial charge is 0.497 e. The summed E-state index contributed by atoms with van der Waals surface area (Å²) >= 11 is 0. The number of hydrogen-bond donors (Lipinski definition) is 1. The summed E-state index contributed by atoms with van der Waals surface area (Å²) in [7, 11) is 1.71. The highest BCUT2D eigenvalue weighted by Gasteiger charge is 2.04. The molecule has 94 valence electrons. The van der Waals surface area contributed by atoms with Crippen LogP contribution in [0.15, 0.2) is 24.4 Å². The molecule has 0 amide bonds. The van der Waals surface area contributed by atoms with E-state index in [1.807, 2.05) is 19.9 Å². The molecule has 0 aliphatic heterocycles. The van der Waals surface area contributed by atoms with Crippen molar-refractivity contribution in [3.63, 3.8) is 0 Å². The van der Waals surface area contributed by atoms with Gasteiger partial charge < -0.3 is 9.72 Å². The molecule has 2 nitrogen and oxygen atoms in total. The Labute approximate surface area is 104 Å².